The minimum Gasteiger partial charge on any atom is -0.444 e. The highest BCUT2D eigenvalue weighted by atomic mass is 19.4. The lowest BCUT2D eigenvalue weighted by molar-refractivity contribution is -0.137. The third kappa shape index (κ3) is 4.01. The number of carbonyl (C=O) groups is 1. The summed E-state index contributed by atoms with van der Waals surface area (Å²) in [4.78, 5) is 13.6. The fourth-order valence-corrected chi connectivity index (χ4v) is 2.60. The van der Waals surface area contributed by atoms with Crippen LogP contribution in [-0.2, 0) is 15.7 Å². The fraction of sp³-hybridized carbons (Fsp3) is 0.588. The zero-order valence-corrected chi connectivity index (χ0v) is 14.4. The molecule has 1 heterocycles. The number of rotatable bonds is 1. The zero-order chi connectivity index (χ0) is 18.3. The average molecular weight is 345 g/mol. The van der Waals surface area contributed by atoms with Gasteiger partial charge in [0, 0.05) is 7.05 Å². The second kappa shape index (κ2) is 6.27. The molecule has 0 bridgehead atoms. The van der Waals surface area contributed by atoms with Crippen molar-refractivity contribution in [3.8, 4) is 0 Å². The summed E-state index contributed by atoms with van der Waals surface area (Å²) in [7, 11) is 1.56. The van der Waals surface area contributed by atoms with E-state index in [1.54, 1.807) is 34.7 Å². The maximum Gasteiger partial charge on any atom is 0.416 e. The molecule has 1 aromatic carbocycles. The van der Waals surface area contributed by atoms with E-state index in [2.05, 4.69) is 0 Å². The molecule has 1 aliphatic rings. The molecule has 0 unspecified atom stereocenters. The summed E-state index contributed by atoms with van der Waals surface area (Å²) < 4.78 is 49.7. The molecule has 4 nitrogen and oxygen atoms in total. The van der Waals surface area contributed by atoms with Crippen LogP contribution in [0.25, 0.3) is 0 Å². The molecule has 7 heteroatoms. The number of halogens is 3. The highest BCUT2D eigenvalue weighted by Gasteiger charge is 2.36. The van der Waals surface area contributed by atoms with Crippen LogP contribution in [0.3, 0.4) is 0 Å². The number of hydrogen-bond donors (Lipinski definition) is 0. The number of nitrogens with zero attached hydrogens (tertiary/aromatic N) is 1. The summed E-state index contributed by atoms with van der Waals surface area (Å²) in [6.07, 6.45) is -5.43. The van der Waals surface area contributed by atoms with Crippen LogP contribution in [0.5, 0.6) is 0 Å². The van der Waals surface area contributed by atoms with Gasteiger partial charge in [-0.2, -0.15) is 13.2 Å². The Morgan fingerprint density at radius 3 is 2.42 bits per heavy atom. The Labute approximate surface area is 139 Å². The Morgan fingerprint density at radius 1 is 1.25 bits per heavy atom. The molecule has 2 rings (SSSR count). The smallest absolute Gasteiger partial charge is 0.416 e. The topological polar surface area (TPSA) is 38.8 Å². The molecule has 24 heavy (non-hydrogen) atoms. The van der Waals surface area contributed by atoms with Crippen LogP contribution < -0.4 is 0 Å². The van der Waals surface area contributed by atoms with Gasteiger partial charge in [0.15, 0.2) is 0 Å². The summed E-state index contributed by atoms with van der Waals surface area (Å²) in [6.45, 7) is 7.16. The number of fused-ring (bicyclic) bond motifs is 1. The highest BCUT2D eigenvalue weighted by molar-refractivity contribution is 5.68. The van der Waals surface area contributed by atoms with Crippen molar-refractivity contribution < 1.29 is 27.4 Å². The third-order valence-electron chi connectivity index (χ3n) is 3.86. The molecule has 0 aromatic heterocycles. The molecule has 134 valence electrons. The maximum absolute atomic E-state index is 12.9. The van der Waals surface area contributed by atoms with Crippen molar-refractivity contribution in [2.24, 2.45) is 0 Å². The first kappa shape index (κ1) is 18.6. The van der Waals surface area contributed by atoms with E-state index in [0.717, 1.165) is 12.1 Å². The minimum absolute atomic E-state index is 0.204. The molecule has 0 aliphatic carbocycles. The highest BCUT2D eigenvalue weighted by Crippen LogP contribution is 2.39. The first-order chi connectivity index (χ1) is 10.9. The summed E-state index contributed by atoms with van der Waals surface area (Å²) in [5.74, 6) is 0. The van der Waals surface area contributed by atoms with Gasteiger partial charge in [-0.05, 0) is 51.0 Å². The lowest BCUT2D eigenvalue weighted by Crippen LogP contribution is -2.40. The van der Waals surface area contributed by atoms with E-state index in [0.29, 0.717) is 11.1 Å². The van der Waals surface area contributed by atoms with Gasteiger partial charge in [0.1, 0.15) is 5.60 Å². The van der Waals surface area contributed by atoms with E-state index >= 15 is 0 Å². The Kier molecular flexibility index (Phi) is 4.86. The molecule has 0 radical (unpaired) electrons. The van der Waals surface area contributed by atoms with Crippen LogP contribution in [-0.4, -0.2) is 30.2 Å². The quantitative estimate of drug-likeness (QED) is 0.740. The van der Waals surface area contributed by atoms with Crippen LogP contribution in [0.4, 0.5) is 18.0 Å². The second-order valence-electron chi connectivity index (χ2n) is 6.92. The van der Waals surface area contributed by atoms with E-state index in [9.17, 15) is 18.0 Å². The molecule has 1 aromatic rings. The van der Waals surface area contributed by atoms with Crippen LogP contribution in [0.2, 0.25) is 0 Å². The van der Waals surface area contributed by atoms with Crippen molar-refractivity contribution in [2.45, 2.75) is 51.6 Å². The number of benzene rings is 1. The van der Waals surface area contributed by atoms with Gasteiger partial charge in [0.25, 0.3) is 0 Å². The first-order valence-corrected chi connectivity index (χ1v) is 7.68. The molecule has 1 amide bonds. The summed E-state index contributed by atoms with van der Waals surface area (Å²) in [6, 6.07) is 3.05. The van der Waals surface area contributed by atoms with Crippen molar-refractivity contribution in [3.05, 3.63) is 34.9 Å². The molecule has 1 aliphatic heterocycles. The van der Waals surface area contributed by atoms with E-state index in [4.69, 9.17) is 9.47 Å². The number of alkyl halides is 3. The Balaban J connectivity index is 2.33. The van der Waals surface area contributed by atoms with Crippen LogP contribution in [0.15, 0.2) is 18.2 Å². The maximum atomic E-state index is 12.9. The first-order valence-electron chi connectivity index (χ1n) is 7.68. The number of hydrogen-bond acceptors (Lipinski definition) is 3. The molecule has 0 saturated heterocycles. The van der Waals surface area contributed by atoms with Crippen LogP contribution in [0, 0.1) is 0 Å². The fourth-order valence-electron chi connectivity index (χ4n) is 2.60. The monoisotopic (exact) mass is 345 g/mol. The molecule has 0 fully saturated rings. The molecule has 0 N–H and O–H groups in total. The predicted octanol–water partition coefficient (Wildman–Crippen LogP) is 4.70. The molecule has 0 spiro atoms. The normalized spacial score (nSPS) is 21.2. The van der Waals surface area contributed by atoms with Gasteiger partial charge < -0.3 is 14.4 Å². The van der Waals surface area contributed by atoms with Gasteiger partial charge in [-0.25, -0.2) is 4.79 Å². The number of likely N-dealkylation sites (N-methyl/N-ethyl adjacent to an activating group) is 1. The molecule has 0 saturated carbocycles. The average Bonchev–Trinajstić information content (AvgIpc) is 2.44. The van der Waals surface area contributed by atoms with Gasteiger partial charge >= 0.3 is 12.3 Å². The zero-order valence-electron chi connectivity index (χ0n) is 14.4. The third-order valence-corrected chi connectivity index (χ3v) is 3.86. The van der Waals surface area contributed by atoms with E-state index < -0.39 is 35.6 Å². The van der Waals surface area contributed by atoms with Crippen molar-refractivity contribution in [2.75, 3.05) is 13.7 Å². The van der Waals surface area contributed by atoms with Gasteiger partial charge in [0.05, 0.1) is 24.3 Å². The molecule has 2 atom stereocenters. The van der Waals surface area contributed by atoms with E-state index in [1.807, 2.05) is 0 Å². The SMILES string of the molecule is C[C@@H]1OC[C@H](N(C)C(=O)OC(C)(C)C)c2ccc(C(F)(F)F)cc21. The minimum atomic E-state index is -4.42. The second-order valence-corrected chi connectivity index (χ2v) is 6.92. The number of ether oxygens (including phenoxy) is 2. The van der Waals surface area contributed by atoms with Crippen molar-refractivity contribution in [3.63, 3.8) is 0 Å². The number of amides is 1. The van der Waals surface area contributed by atoms with Crippen molar-refractivity contribution in [1.82, 2.24) is 4.90 Å². The lowest BCUT2D eigenvalue weighted by atomic mass is 9.92. The summed E-state index contributed by atoms with van der Waals surface area (Å²) in [5.41, 5.74) is -0.291. The predicted molar refractivity (Wildman–Crippen MR) is 82.5 cm³/mol. The van der Waals surface area contributed by atoms with Gasteiger partial charge in [-0.3, -0.25) is 0 Å². The van der Waals surface area contributed by atoms with Crippen LogP contribution in [0.1, 0.15) is 56.5 Å². The molecular weight excluding hydrogens is 323 g/mol. The summed E-state index contributed by atoms with van der Waals surface area (Å²) in [5, 5.41) is 0. The van der Waals surface area contributed by atoms with Crippen molar-refractivity contribution in [1.29, 1.82) is 0 Å². The molecular formula is C17H22F3NO3. The van der Waals surface area contributed by atoms with Gasteiger partial charge in [-0.1, -0.05) is 6.07 Å². The van der Waals surface area contributed by atoms with Crippen LogP contribution >= 0.6 is 0 Å². The van der Waals surface area contributed by atoms with Gasteiger partial charge in [-0.15, -0.1) is 0 Å². The van der Waals surface area contributed by atoms with E-state index in [-0.39, 0.29) is 6.61 Å². The number of carbonyl (C=O) groups excluding carboxylic acids is 1. The largest absolute Gasteiger partial charge is 0.444 e. The standard InChI is InChI=1S/C17H22F3NO3/c1-10-13-8-11(17(18,19)20)6-7-12(13)14(9-23-10)21(5)15(22)24-16(2,3)4/h6-8,10,14H,9H2,1-5H3/t10-,14-/m0/s1. The Morgan fingerprint density at radius 2 is 1.88 bits per heavy atom. The van der Waals surface area contributed by atoms with Crippen molar-refractivity contribution >= 4 is 6.09 Å². The lowest BCUT2D eigenvalue weighted by Gasteiger charge is -2.36. The van der Waals surface area contributed by atoms with E-state index in [1.165, 1.54) is 11.0 Å². The van der Waals surface area contributed by atoms with Gasteiger partial charge in [0.2, 0.25) is 0 Å². The Hall–Kier alpha value is -1.76. The Bertz CT molecular complexity index is 622. The summed E-state index contributed by atoms with van der Waals surface area (Å²) >= 11 is 0.